The van der Waals surface area contributed by atoms with E-state index in [4.69, 9.17) is 9.47 Å². The Labute approximate surface area is 216 Å². The molecule has 0 radical (unpaired) electrons. The molecule has 4 saturated heterocycles. The minimum Gasteiger partial charge on any atom is -0.632 e. The molecule has 2 bridgehead atoms. The number of amides is 2. The second kappa shape index (κ2) is 6.16. The number of nitrogens with zero attached hydrogens (tertiary/aromatic N) is 2. The number of aliphatic hydroxyl groups is 1. The van der Waals surface area contributed by atoms with Gasteiger partial charge in [0.1, 0.15) is 17.7 Å². The van der Waals surface area contributed by atoms with Crippen LogP contribution in [-0.2, 0) is 15.0 Å². The molecule has 1 saturated carbocycles. The van der Waals surface area contributed by atoms with Crippen LogP contribution in [0, 0.1) is 16.5 Å². The van der Waals surface area contributed by atoms with Crippen molar-refractivity contribution < 1.29 is 28.8 Å². The quantitative estimate of drug-likeness (QED) is 0.411. The highest BCUT2D eigenvalue weighted by molar-refractivity contribution is 6.09. The molecule has 6 aliphatic heterocycles. The molecular weight excluding hydrogens is 474 g/mol. The van der Waals surface area contributed by atoms with Gasteiger partial charge in [0.25, 0.3) is 5.91 Å². The van der Waals surface area contributed by atoms with Gasteiger partial charge in [-0.05, 0) is 50.3 Å². The maximum absolute atomic E-state index is 14.4. The molecule has 1 aromatic carbocycles. The number of hydrogen-bond donors (Lipinski definition) is 2. The molecule has 1 unspecified atom stereocenters. The van der Waals surface area contributed by atoms with E-state index >= 15 is 0 Å². The summed E-state index contributed by atoms with van der Waals surface area (Å²) in [6.07, 6.45) is 4.33. The van der Waals surface area contributed by atoms with Crippen molar-refractivity contribution in [1.82, 2.24) is 4.90 Å². The molecule has 2 amide bonds. The number of nitrogens with one attached hydrogen (secondary N) is 1. The molecule has 5 fully saturated rings. The van der Waals surface area contributed by atoms with Crippen molar-refractivity contribution in [3.05, 3.63) is 35.2 Å². The minimum absolute atomic E-state index is 0.146. The summed E-state index contributed by atoms with van der Waals surface area (Å²) in [5, 5.41) is 29.0. The Balaban J connectivity index is 1.43. The van der Waals surface area contributed by atoms with E-state index in [-0.39, 0.29) is 37.2 Å². The zero-order valence-electron chi connectivity index (χ0n) is 22.3. The van der Waals surface area contributed by atoms with Crippen LogP contribution in [0.5, 0.6) is 11.5 Å². The molecule has 9 heteroatoms. The number of carbonyl (C=O) groups excluding carboxylic acids is 2. The third-order valence-electron chi connectivity index (χ3n) is 11.3. The lowest BCUT2D eigenvalue weighted by Gasteiger charge is -2.70. The van der Waals surface area contributed by atoms with Gasteiger partial charge in [0, 0.05) is 25.8 Å². The van der Waals surface area contributed by atoms with Gasteiger partial charge in [0.15, 0.2) is 11.5 Å². The average molecular weight is 510 g/mol. The second-order valence-corrected chi connectivity index (χ2v) is 13.6. The number of ether oxygens (including phenoxy) is 2. The van der Waals surface area contributed by atoms with Gasteiger partial charge in [0.05, 0.1) is 29.4 Å². The van der Waals surface area contributed by atoms with Crippen LogP contribution >= 0.6 is 0 Å². The van der Waals surface area contributed by atoms with Crippen LogP contribution in [-0.4, -0.2) is 68.9 Å². The van der Waals surface area contributed by atoms with Gasteiger partial charge >= 0.3 is 0 Å². The first-order chi connectivity index (χ1) is 17.1. The summed E-state index contributed by atoms with van der Waals surface area (Å²) in [6.45, 7) is 10.1. The first kappa shape index (κ1) is 23.5. The Kier molecular flexibility index (Phi) is 3.91. The van der Waals surface area contributed by atoms with Crippen molar-refractivity contribution >= 4 is 17.5 Å². The number of fused-ring (bicyclic) bond motifs is 5. The number of hydrogen-bond acceptors (Lipinski definition) is 6. The summed E-state index contributed by atoms with van der Waals surface area (Å²) in [6, 6.07) is 3.80. The van der Waals surface area contributed by atoms with E-state index in [1.165, 1.54) is 0 Å². The number of hydroxylamine groups is 3. The zero-order chi connectivity index (χ0) is 26.6. The van der Waals surface area contributed by atoms with E-state index in [1.54, 1.807) is 25.1 Å². The SMILES string of the molecule is CN1C(=O)[C@]23C[C@H]4C(C)(C)[C@@]5(C[C@@]41C[N+]2([O-])CC[C@@]3(C)O)C(=O)Nc1c5ccc2c1OC=CC(C)(C)O2. The van der Waals surface area contributed by atoms with Crippen LogP contribution in [0.3, 0.4) is 0 Å². The van der Waals surface area contributed by atoms with Crippen molar-refractivity contribution in [2.45, 2.75) is 81.6 Å². The van der Waals surface area contributed by atoms with E-state index in [0.717, 1.165) is 5.56 Å². The number of piperidine rings is 2. The number of likely N-dealkylation sites (N-methyl/N-ethyl adjacent to an activating group) is 1. The van der Waals surface area contributed by atoms with Crippen molar-refractivity contribution in [1.29, 1.82) is 0 Å². The van der Waals surface area contributed by atoms with Gasteiger partial charge in [0.2, 0.25) is 11.4 Å². The Morgan fingerprint density at radius 1 is 1.19 bits per heavy atom. The molecule has 2 N–H and O–H groups in total. The third kappa shape index (κ3) is 2.23. The maximum Gasteiger partial charge on any atom is 0.287 e. The molecule has 7 aliphatic rings. The highest BCUT2D eigenvalue weighted by Crippen LogP contribution is 2.74. The third-order valence-corrected chi connectivity index (χ3v) is 11.3. The lowest BCUT2D eigenvalue weighted by Crippen LogP contribution is -2.87. The van der Waals surface area contributed by atoms with Crippen molar-refractivity contribution in [3.63, 3.8) is 0 Å². The van der Waals surface area contributed by atoms with Gasteiger partial charge in [-0.15, -0.1) is 0 Å². The van der Waals surface area contributed by atoms with E-state index in [2.05, 4.69) is 19.2 Å². The fourth-order valence-corrected chi connectivity index (χ4v) is 9.38. The summed E-state index contributed by atoms with van der Waals surface area (Å²) in [4.78, 5) is 29.9. The van der Waals surface area contributed by atoms with Crippen LogP contribution in [0.2, 0.25) is 0 Å². The molecule has 198 valence electrons. The smallest absolute Gasteiger partial charge is 0.287 e. The van der Waals surface area contributed by atoms with Crippen molar-refractivity contribution in [3.8, 4) is 11.5 Å². The number of piperazine rings is 1. The zero-order valence-corrected chi connectivity index (χ0v) is 22.3. The number of benzene rings is 1. The lowest BCUT2D eigenvalue weighted by molar-refractivity contribution is -0.931. The number of anilines is 1. The summed E-state index contributed by atoms with van der Waals surface area (Å²) in [7, 11) is 1.76. The van der Waals surface area contributed by atoms with Crippen molar-refractivity contribution in [2.75, 3.05) is 25.5 Å². The Bertz CT molecular complexity index is 1340. The molecular formula is C28H35N3O6. The molecule has 0 aromatic heterocycles. The molecule has 1 aliphatic carbocycles. The highest BCUT2D eigenvalue weighted by atomic mass is 16.6. The lowest BCUT2D eigenvalue weighted by atomic mass is 9.55. The van der Waals surface area contributed by atoms with E-state index in [1.807, 2.05) is 32.1 Å². The minimum atomic E-state index is -1.45. The summed E-state index contributed by atoms with van der Waals surface area (Å²) in [5.74, 6) is 0.428. The van der Waals surface area contributed by atoms with Crippen LogP contribution in [0.1, 0.15) is 59.4 Å². The second-order valence-electron chi connectivity index (χ2n) is 13.6. The molecule has 6 heterocycles. The Hall–Kier alpha value is -2.62. The molecule has 3 spiro atoms. The maximum atomic E-state index is 14.4. The predicted octanol–water partition coefficient (Wildman–Crippen LogP) is 2.81. The van der Waals surface area contributed by atoms with Crippen LogP contribution in [0.4, 0.5) is 5.69 Å². The van der Waals surface area contributed by atoms with Gasteiger partial charge in [-0.3, -0.25) is 9.59 Å². The van der Waals surface area contributed by atoms with Gasteiger partial charge in [-0.25, -0.2) is 0 Å². The number of rotatable bonds is 0. The first-order valence-corrected chi connectivity index (χ1v) is 13.2. The largest absolute Gasteiger partial charge is 0.632 e. The summed E-state index contributed by atoms with van der Waals surface area (Å²) < 4.78 is 11.5. The molecule has 6 atom stereocenters. The standard InChI is InChI=1S/C28H35N3O6/c1-23(2)10-12-36-20-17(37-23)8-7-16-19(20)29-21(32)27(16)14-26-15-31(35)11-9-25(5,34)28(31,22(33)30(26)6)13-18(26)24(27,3)4/h7-8,10,12,18,34H,9,11,13-15H2,1-6H3,(H,29,32)/t18-,25+,26+,27+,28-,31?/m0/s1. The Morgan fingerprint density at radius 3 is 2.65 bits per heavy atom. The number of quaternary nitrogens is 1. The summed E-state index contributed by atoms with van der Waals surface area (Å²) in [5.41, 5.74) is -4.43. The fraction of sp³-hybridized carbons (Fsp3) is 0.643. The van der Waals surface area contributed by atoms with Gasteiger partial charge in [-0.1, -0.05) is 19.9 Å². The highest BCUT2D eigenvalue weighted by Gasteiger charge is 2.86. The summed E-state index contributed by atoms with van der Waals surface area (Å²) >= 11 is 0. The first-order valence-electron chi connectivity index (χ1n) is 13.2. The number of carbonyl (C=O) groups is 2. The molecule has 1 aromatic rings. The fourth-order valence-electron chi connectivity index (χ4n) is 9.38. The van der Waals surface area contributed by atoms with E-state index < -0.39 is 37.8 Å². The van der Waals surface area contributed by atoms with Crippen LogP contribution in [0.25, 0.3) is 0 Å². The molecule has 8 rings (SSSR count). The predicted molar refractivity (Wildman–Crippen MR) is 135 cm³/mol. The van der Waals surface area contributed by atoms with Crippen LogP contribution < -0.4 is 14.8 Å². The Morgan fingerprint density at radius 2 is 1.92 bits per heavy atom. The molecule has 9 nitrogen and oxygen atoms in total. The monoisotopic (exact) mass is 509 g/mol. The molecule has 37 heavy (non-hydrogen) atoms. The average Bonchev–Trinajstić information content (AvgIpc) is 3.22. The van der Waals surface area contributed by atoms with E-state index in [9.17, 15) is 19.9 Å². The van der Waals surface area contributed by atoms with E-state index in [0.29, 0.717) is 30.0 Å². The van der Waals surface area contributed by atoms with Crippen LogP contribution in [0.15, 0.2) is 24.5 Å². The van der Waals surface area contributed by atoms with Gasteiger partial charge in [-0.2, -0.15) is 0 Å². The topological polar surface area (TPSA) is 111 Å². The normalized spacial score (nSPS) is 45.5. The van der Waals surface area contributed by atoms with Crippen molar-refractivity contribution in [2.24, 2.45) is 11.3 Å². The van der Waals surface area contributed by atoms with Gasteiger partial charge < -0.3 is 34.7 Å².